The summed E-state index contributed by atoms with van der Waals surface area (Å²) in [6.07, 6.45) is 2.59. The van der Waals surface area contributed by atoms with E-state index in [1.165, 1.54) is 16.6 Å². The Morgan fingerprint density at radius 1 is 1.23 bits per heavy atom. The van der Waals surface area contributed by atoms with Crippen molar-refractivity contribution in [1.82, 2.24) is 10.4 Å². The number of carbonyl (C=O) groups is 1. The molecular formula is C14H16N4O3S. The third-order valence-electron chi connectivity index (χ3n) is 2.96. The Labute approximate surface area is 128 Å². The Hall–Kier alpha value is -2.45. The van der Waals surface area contributed by atoms with Crippen molar-refractivity contribution in [2.75, 3.05) is 10.6 Å². The van der Waals surface area contributed by atoms with E-state index in [0.29, 0.717) is 11.3 Å². The number of hydrogen-bond acceptors (Lipinski definition) is 5. The number of benzene rings is 1. The second-order valence-corrected chi connectivity index (χ2v) is 6.54. The van der Waals surface area contributed by atoms with Gasteiger partial charge >= 0.3 is 0 Å². The minimum atomic E-state index is -3.44. The van der Waals surface area contributed by atoms with Crippen molar-refractivity contribution in [3.63, 3.8) is 0 Å². The Bertz CT molecular complexity index is 745. The number of anilines is 1. The lowest BCUT2D eigenvalue weighted by molar-refractivity contribution is 0.0948. The van der Waals surface area contributed by atoms with E-state index < -0.39 is 15.9 Å². The Balaban J connectivity index is 2.27. The highest BCUT2D eigenvalue weighted by Crippen LogP contribution is 2.19. The number of sulfonamides is 1. The molecule has 22 heavy (non-hydrogen) atoms. The summed E-state index contributed by atoms with van der Waals surface area (Å²) in [6.45, 7) is 0.125. The maximum absolute atomic E-state index is 12.0. The number of hydrazine groups is 1. The molecule has 116 valence electrons. The molecule has 7 nitrogen and oxygen atoms in total. The van der Waals surface area contributed by atoms with Crippen molar-refractivity contribution in [3.8, 4) is 0 Å². The number of hydrogen-bond donors (Lipinski definition) is 2. The van der Waals surface area contributed by atoms with Crippen LogP contribution in [0.2, 0.25) is 0 Å². The fraction of sp³-hybridized carbons (Fsp3) is 0.143. The summed E-state index contributed by atoms with van der Waals surface area (Å²) in [5.74, 6) is 4.52. The molecule has 8 heteroatoms. The highest BCUT2D eigenvalue weighted by molar-refractivity contribution is 7.92. The van der Waals surface area contributed by atoms with E-state index in [-0.39, 0.29) is 12.2 Å². The van der Waals surface area contributed by atoms with Crippen LogP contribution >= 0.6 is 0 Å². The molecule has 0 radical (unpaired) electrons. The number of pyridine rings is 1. The second-order valence-electron chi connectivity index (χ2n) is 4.63. The van der Waals surface area contributed by atoms with E-state index in [1.807, 2.05) is 11.5 Å². The molecule has 1 aromatic carbocycles. The van der Waals surface area contributed by atoms with Gasteiger partial charge in [-0.2, -0.15) is 0 Å². The molecule has 1 amide bonds. The molecule has 0 saturated heterocycles. The summed E-state index contributed by atoms with van der Waals surface area (Å²) in [6, 6.07) is 11.9. The van der Waals surface area contributed by atoms with E-state index in [2.05, 4.69) is 4.98 Å². The van der Waals surface area contributed by atoms with Crippen molar-refractivity contribution < 1.29 is 13.2 Å². The number of nitrogens with zero attached hydrogens (tertiary/aromatic N) is 2. The first kappa shape index (κ1) is 15.9. The summed E-state index contributed by atoms with van der Waals surface area (Å²) < 4.78 is 25.2. The van der Waals surface area contributed by atoms with Crippen LogP contribution in [0.15, 0.2) is 48.7 Å². The maximum Gasteiger partial charge on any atom is 0.283 e. The van der Waals surface area contributed by atoms with E-state index in [0.717, 1.165) is 6.26 Å². The molecule has 0 fully saturated rings. The quantitative estimate of drug-likeness (QED) is 0.478. The van der Waals surface area contributed by atoms with Gasteiger partial charge in [-0.05, 0) is 23.8 Å². The number of rotatable bonds is 5. The van der Waals surface area contributed by atoms with Gasteiger partial charge in [-0.1, -0.05) is 24.3 Å². The monoisotopic (exact) mass is 320 g/mol. The van der Waals surface area contributed by atoms with Gasteiger partial charge in [0.1, 0.15) is 5.69 Å². The van der Waals surface area contributed by atoms with Crippen molar-refractivity contribution >= 4 is 21.6 Å². The van der Waals surface area contributed by atoms with Crippen LogP contribution in [0, 0.1) is 0 Å². The zero-order chi connectivity index (χ0) is 16.2. The summed E-state index contributed by atoms with van der Waals surface area (Å²) >= 11 is 0. The lowest BCUT2D eigenvalue weighted by Crippen LogP contribution is -2.31. The number of nitrogens with one attached hydrogen (secondary N) is 1. The molecule has 0 bridgehead atoms. The molecule has 0 unspecified atom stereocenters. The predicted molar refractivity (Wildman–Crippen MR) is 83.4 cm³/mol. The molecule has 0 aliphatic rings. The normalized spacial score (nSPS) is 11.0. The summed E-state index contributed by atoms with van der Waals surface area (Å²) in [5, 5.41) is 0. The van der Waals surface area contributed by atoms with Gasteiger partial charge in [-0.15, -0.1) is 0 Å². The molecule has 0 aliphatic carbocycles. The Kier molecular flexibility index (Phi) is 4.74. The number of aromatic nitrogens is 1. The van der Waals surface area contributed by atoms with Crippen LogP contribution in [-0.4, -0.2) is 25.6 Å². The van der Waals surface area contributed by atoms with Gasteiger partial charge in [-0.3, -0.25) is 19.5 Å². The number of amides is 1. The highest BCUT2D eigenvalue weighted by atomic mass is 32.2. The topological polar surface area (TPSA) is 105 Å². The summed E-state index contributed by atoms with van der Waals surface area (Å²) in [5.41, 5.74) is 3.37. The zero-order valence-corrected chi connectivity index (χ0v) is 12.7. The number of carbonyl (C=O) groups excluding carboxylic acids is 1. The molecule has 2 rings (SSSR count). The number of nitrogens with two attached hydrogens (primary N) is 1. The first-order valence-electron chi connectivity index (χ1n) is 6.40. The fourth-order valence-corrected chi connectivity index (χ4v) is 2.77. The van der Waals surface area contributed by atoms with E-state index in [4.69, 9.17) is 5.84 Å². The van der Waals surface area contributed by atoms with Crippen LogP contribution in [0.4, 0.5) is 5.69 Å². The SMILES string of the molecule is CS(=O)(=O)N(Cc1ccc(C(=O)NN)nc1)c1ccccc1. The van der Waals surface area contributed by atoms with Gasteiger partial charge in [0.25, 0.3) is 5.91 Å². The largest absolute Gasteiger partial charge is 0.289 e. The highest BCUT2D eigenvalue weighted by Gasteiger charge is 2.18. The second kappa shape index (κ2) is 6.54. The van der Waals surface area contributed by atoms with Crippen LogP contribution in [0.5, 0.6) is 0 Å². The molecule has 0 spiro atoms. The molecule has 3 N–H and O–H groups in total. The smallest absolute Gasteiger partial charge is 0.283 e. The molecule has 2 aromatic rings. The van der Waals surface area contributed by atoms with Crippen molar-refractivity contribution in [2.24, 2.45) is 5.84 Å². The third-order valence-corrected chi connectivity index (χ3v) is 4.10. The van der Waals surface area contributed by atoms with Crippen LogP contribution in [0.3, 0.4) is 0 Å². The predicted octanol–water partition coefficient (Wildman–Crippen LogP) is 0.651. The summed E-state index contributed by atoms with van der Waals surface area (Å²) in [7, 11) is -3.44. The van der Waals surface area contributed by atoms with Gasteiger partial charge in [-0.25, -0.2) is 14.3 Å². The number of nitrogen functional groups attached to an aromatic ring is 1. The van der Waals surface area contributed by atoms with Crippen molar-refractivity contribution in [3.05, 3.63) is 59.9 Å². The fourth-order valence-electron chi connectivity index (χ4n) is 1.89. The Morgan fingerprint density at radius 2 is 1.91 bits per heavy atom. The molecule has 0 saturated carbocycles. The third kappa shape index (κ3) is 3.80. The van der Waals surface area contributed by atoms with E-state index in [9.17, 15) is 13.2 Å². The van der Waals surface area contributed by atoms with Crippen LogP contribution < -0.4 is 15.6 Å². The lowest BCUT2D eigenvalue weighted by atomic mass is 10.2. The van der Waals surface area contributed by atoms with E-state index >= 15 is 0 Å². The first-order valence-corrected chi connectivity index (χ1v) is 8.25. The zero-order valence-electron chi connectivity index (χ0n) is 11.9. The number of para-hydroxylation sites is 1. The van der Waals surface area contributed by atoms with Gasteiger partial charge in [0.05, 0.1) is 18.5 Å². The molecular weight excluding hydrogens is 304 g/mol. The first-order chi connectivity index (χ1) is 10.4. The molecule has 0 atom stereocenters. The van der Waals surface area contributed by atoms with Gasteiger partial charge in [0, 0.05) is 6.20 Å². The maximum atomic E-state index is 12.0. The molecule has 1 heterocycles. The van der Waals surface area contributed by atoms with Gasteiger partial charge < -0.3 is 0 Å². The molecule has 1 aromatic heterocycles. The van der Waals surface area contributed by atoms with Gasteiger partial charge in [0.2, 0.25) is 10.0 Å². The average molecular weight is 320 g/mol. The Morgan fingerprint density at radius 3 is 2.41 bits per heavy atom. The average Bonchev–Trinajstić information content (AvgIpc) is 2.52. The van der Waals surface area contributed by atoms with Crippen LogP contribution in [-0.2, 0) is 16.6 Å². The van der Waals surface area contributed by atoms with Crippen molar-refractivity contribution in [1.29, 1.82) is 0 Å². The van der Waals surface area contributed by atoms with E-state index in [1.54, 1.807) is 30.3 Å². The standard InChI is InChI=1S/C14H16N4O3S/c1-22(20,21)18(12-5-3-2-4-6-12)10-11-7-8-13(16-9-11)14(19)17-15/h2-9H,10,15H2,1H3,(H,17,19). The van der Waals surface area contributed by atoms with Gasteiger partial charge in [0.15, 0.2) is 0 Å². The minimum Gasteiger partial charge on any atom is -0.289 e. The lowest BCUT2D eigenvalue weighted by Gasteiger charge is -2.22. The van der Waals surface area contributed by atoms with Crippen LogP contribution in [0.25, 0.3) is 0 Å². The van der Waals surface area contributed by atoms with Crippen LogP contribution in [0.1, 0.15) is 16.1 Å². The summed E-state index contributed by atoms with van der Waals surface area (Å²) in [4.78, 5) is 15.3. The van der Waals surface area contributed by atoms with Crippen molar-refractivity contribution in [2.45, 2.75) is 6.54 Å². The minimum absolute atomic E-state index is 0.125. The molecule has 0 aliphatic heterocycles.